The van der Waals surface area contributed by atoms with Crippen LogP contribution in [0.1, 0.15) is 36.0 Å². The van der Waals surface area contributed by atoms with Crippen molar-refractivity contribution in [3.05, 3.63) is 58.4 Å². The number of morpholine rings is 1. The van der Waals surface area contributed by atoms with E-state index in [-0.39, 0.29) is 52.5 Å². The molecule has 3 fully saturated rings. The van der Waals surface area contributed by atoms with E-state index in [4.69, 9.17) is 21.1 Å². The predicted octanol–water partition coefficient (Wildman–Crippen LogP) is 4.05. The molecule has 3 aliphatic rings. The fraction of sp³-hybridized carbons (Fsp3) is 0.536. The van der Waals surface area contributed by atoms with Gasteiger partial charge in [-0.05, 0) is 55.7 Å². The van der Waals surface area contributed by atoms with Gasteiger partial charge in [-0.25, -0.2) is 21.6 Å². The summed E-state index contributed by atoms with van der Waals surface area (Å²) in [5, 5.41) is 12.7. The number of hydrogen-bond acceptors (Lipinski definition) is 7. The first-order valence-electron chi connectivity index (χ1n) is 13.6. The highest BCUT2D eigenvalue weighted by molar-refractivity contribution is 7.92. The summed E-state index contributed by atoms with van der Waals surface area (Å²) < 4.78 is 79.4. The number of rotatable bonds is 9. The zero-order valence-corrected chi connectivity index (χ0v) is 23.8. The Kier molecular flexibility index (Phi) is 8.98. The van der Waals surface area contributed by atoms with Crippen molar-refractivity contribution in [1.82, 2.24) is 4.90 Å². The van der Waals surface area contributed by atoms with Crippen LogP contribution in [0.3, 0.4) is 0 Å². The van der Waals surface area contributed by atoms with Crippen LogP contribution < -0.4 is 5.32 Å². The number of sulfone groups is 1. The molecule has 2 atom stereocenters. The molecule has 1 amide bonds. The lowest BCUT2D eigenvalue weighted by atomic mass is 9.77. The van der Waals surface area contributed by atoms with Crippen molar-refractivity contribution in [2.75, 3.05) is 51.4 Å². The average molecular weight is 617 g/mol. The number of carbonyl (C=O) groups is 1. The Morgan fingerprint density at radius 3 is 2.37 bits per heavy atom. The third kappa shape index (κ3) is 6.57. The molecule has 2 bridgehead atoms. The number of nitrogens with one attached hydrogen (secondary N) is 1. The molecule has 0 aromatic heterocycles. The van der Waals surface area contributed by atoms with Gasteiger partial charge in [0.1, 0.15) is 0 Å². The first-order chi connectivity index (χ1) is 19.5. The normalized spacial score (nSPS) is 26.7. The summed E-state index contributed by atoms with van der Waals surface area (Å²) in [6.45, 7) is 4.37. The minimum atomic E-state index is -4.02. The van der Waals surface area contributed by atoms with E-state index in [0.29, 0.717) is 44.8 Å². The highest BCUT2D eigenvalue weighted by atomic mass is 35.5. The Morgan fingerprint density at radius 1 is 1.10 bits per heavy atom. The second-order valence-electron chi connectivity index (χ2n) is 11.1. The number of hydrogen-bond donors (Lipinski definition) is 2. The fourth-order valence-corrected chi connectivity index (χ4v) is 9.23. The van der Waals surface area contributed by atoms with Crippen LogP contribution in [0.2, 0.25) is 5.02 Å². The molecule has 1 saturated heterocycles. The molecular weight excluding hydrogens is 585 g/mol. The third-order valence-corrected chi connectivity index (χ3v) is 11.1. The Hall–Kier alpha value is -2.22. The van der Waals surface area contributed by atoms with Gasteiger partial charge in [0.2, 0.25) is 0 Å². The van der Waals surface area contributed by atoms with Crippen molar-refractivity contribution < 1.29 is 41.0 Å². The topological polar surface area (TPSA) is 105 Å². The zero-order chi connectivity index (χ0) is 29.4. The summed E-state index contributed by atoms with van der Waals surface area (Å²) in [5.74, 6) is -6.10. The second-order valence-corrected chi connectivity index (χ2v) is 13.6. The predicted molar refractivity (Wildman–Crippen MR) is 145 cm³/mol. The van der Waals surface area contributed by atoms with Crippen molar-refractivity contribution >= 4 is 33.0 Å². The van der Waals surface area contributed by atoms with Crippen molar-refractivity contribution in [3.8, 4) is 0 Å². The van der Waals surface area contributed by atoms with Gasteiger partial charge in [-0.2, -0.15) is 0 Å². The first kappa shape index (κ1) is 30.2. The monoisotopic (exact) mass is 616 g/mol. The van der Waals surface area contributed by atoms with Gasteiger partial charge < -0.3 is 19.9 Å². The Balaban J connectivity index is 1.26. The van der Waals surface area contributed by atoms with E-state index in [0.717, 1.165) is 25.7 Å². The molecule has 224 valence electrons. The summed E-state index contributed by atoms with van der Waals surface area (Å²) >= 11 is 6.31. The van der Waals surface area contributed by atoms with E-state index < -0.39 is 44.0 Å². The smallest absolute Gasteiger partial charge is 0.255 e. The van der Waals surface area contributed by atoms with Gasteiger partial charge in [0.05, 0.1) is 47.2 Å². The van der Waals surface area contributed by atoms with Gasteiger partial charge in [-0.3, -0.25) is 9.69 Å². The van der Waals surface area contributed by atoms with Crippen LogP contribution in [0.15, 0.2) is 35.2 Å². The molecule has 2 saturated carbocycles. The van der Waals surface area contributed by atoms with E-state index in [1.807, 2.05) is 0 Å². The third-order valence-electron chi connectivity index (χ3n) is 8.25. The molecule has 1 aliphatic heterocycles. The van der Waals surface area contributed by atoms with E-state index in [2.05, 4.69) is 10.2 Å². The largest absolute Gasteiger partial charge is 0.387 e. The maximum atomic E-state index is 13.9. The van der Waals surface area contributed by atoms with Crippen LogP contribution in [-0.4, -0.2) is 81.2 Å². The minimum absolute atomic E-state index is 0.0629. The van der Waals surface area contributed by atoms with Gasteiger partial charge in [0.15, 0.2) is 27.3 Å². The Bertz CT molecular complexity index is 1370. The molecule has 0 spiro atoms. The van der Waals surface area contributed by atoms with Gasteiger partial charge in [0, 0.05) is 43.0 Å². The van der Waals surface area contributed by atoms with Crippen LogP contribution in [0, 0.1) is 29.3 Å². The summed E-state index contributed by atoms with van der Waals surface area (Å²) in [6.07, 6.45) is 1.79. The number of nitrogens with zero attached hydrogens (tertiary/aromatic N) is 1. The molecule has 2 unspecified atom stereocenters. The summed E-state index contributed by atoms with van der Waals surface area (Å²) in [7, 11) is -4.02. The molecule has 13 heteroatoms. The highest BCUT2D eigenvalue weighted by Gasteiger charge is 2.54. The summed E-state index contributed by atoms with van der Waals surface area (Å²) in [6, 6.07) is 4.94. The van der Waals surface area contributed by atoms with Crippen LogP contribution in [-0.2, 0) is 19.3 Å². The van der Waals surface area contributed by atoms with Gasteiger partial charge >= 0.3 is 0 Å². The molecule has 2 aliphatic carbocycles. The number of fused-ring (bicyclic) bond motifs is 2. The highest BCUT2D eigenvalue weighted by Crippen LogP contribution is 2.51. The molecule has 0 radical (unpaired) electrons. The summed E-state index contributed by atoms with van der Waals surface area (Å²) in [5.41, 5.74) is -1.57. The van der Waals surface area contributed by atoms with Crippen molar-refractivity contribution in [1.29, 1.82) is 0 Å². The van der Waals surface area contributed by atoms with E-state index in [9.17, 15) is 31.5 Å². The van der Waals surface area contributed by atoms with Crippen molar-refractivity contribution in [2.45, 2.75) is 41.4 Å². The maximum absolute atomic E-state index is 13.9. The first-order valence-corrected chi connectivity index (χ1v) is 15.5. The average Bonchev–Trinajstić information content (AvgIpc) is 3.23. The number of amides is 1. The lowest BCUT2D eigenvalue weighted by molar-refractivity contribution is -0.0865. The van der Waals surface area contributed by atoms with Gasteiger partial charge in [0.25, 0.3) is 5.91 Å². The number of carbonyl (C=O) groups excluding carboxylic acids is 1. The maximum Gasteiger partial charge on any atom is 0.255 e. The molecular formula is C28H32ClF3N2O6S. The quantitative estimate of drug-likeness (QED) is 0.324. The minimum Gasteiger partial charge on any atom is -0.387 e. The number of benzene rings is 2. The lowest BCUT2D eigenvalue weighted by Gasteiger charge is -2.40. The van der Waals surface area contributed by atoms with E-state index in [1.165, 1.54) is 12.1 Å². The summed E-state index contributed by atoms with van der Waals surface area (Å²) in [4.78, 5) is 14.8. The van der Waals surface area contributed by atoms with Crippen molar-refractivity contribution in [3.63, 3.8) is 0 Å². The van der Waals surface area contributed by atoms with Gasteiger partial charge in [-0.15, -0.1) is 0 Å². The van der Waals surface area contributed by atoms with Crippen LogP contribution in [0.5, 0.6) is 0 Å². The molecule has 2 N–H and O–H groups in total. The molecule has 1 heterocycles. The SMILES string of the molecule is O=C(Nc1cc(F)c(F)c(F)c1)c1ccc(Cl)c(S(=O)(=O)C2C3CCC2CC(O)(COCCN2CCOCC2)C3)c1. The lowest BCUT2D eigenvalue weighted by Crippen LogP contribution is -2.49. The molecule has 2 aromatic carbocycles. The molecule has 2 aromatic rings. The Morgan fingerprint density at radius 2 is 1.73 bits per heavy atom. The van der Waals surface area contributed by atoms with E-state index in [1.54, 1.807) is 0 Å². The van der Waals surface area contributed by atoms with E-state index >= 15 is 0 Å². The van der Waals surface area contributed by atoms with Crippen LogP contribution in [0.25, 0.3) is 0 Å². The second kappa shape index (κ2) is 12.2. The number of anilines is 1. The number of aliphatic hydroxyl groups is 1. The van der Waals surface area contributed by atoms with Crippen molar-refractivity contribution in [2.24, 2.45) is 11.8 Å². The van der Waals surface area contributed by atoms with Crippen LogP contribution >= 0.6 is 11.6 Å². The zero-order valence-electron chi connectivity index (χ0n) is 22.3. The number of halogens is 4. The van der Waals surface area contributed by atoms with Gasteiger partial charge in [-0.1, -0.05) is 11.6 Å². The molecule has 8 nitrogen and oxygen atoms in total. The molecule has 5 rings (SSSR count). The Labute approximate surface area is 241 Å². The number of ether oxygens (including phenoxy) is 2. The fourth-order valence-electron chi connectivity index (χ4n) is 6.38. The standard InChI is InChI=1S/C28H32ClF3N2O6S/c29-21-4-3-17(27(35)33-20-12-22(30)25(32)23(31)13-20)11-24(21)41(37,38)26-18-1-2-19(26)15-28(36,14-18)16-40-10-7-34-5-8-39-9-6-34/h3-4,11-13,18-19,26,36H,1-2,5-10,14-16H2,(H,33,35). The molecule has 41 heavy (non-hydrogen) atoms. The van der Waals surface area contributed by atoms with Crippen LogP contribution in [0.4, 0.5) is 18.9 Å².